The first-order valence-corrected chi connectivity index (χ1v) is 6.41. The van der Waals surface area contributed by atoms with Crippen LogP contribution in [0.3, 0.4) is 0 Å². The van der Waals surface area contributed by atoms with Crippen LogP contribution < -0.4 is 0 Å². The van der Waals surface area contributed by atoms with Crippen molar-refractivity contribution in [1.29, 1.82) is 0 Å². The third-order valence-electron chi connectivity index (χ3n) is 3.18. The summed E-state index contributed by atoms with van der Waals surface area (Å²) in [4.78, 5) is 11.6. The minimum atomic E-state index is -0.302. The van der Waals surface area contributed by atoms with Crippen LogP contribution in [0, 0.1) is 0 Å². The van der Waals surface area contributed by atoms with Crippen molar-refractivity contribution >= 4 is 5.97 Å². The zero-order valence-corrected chi connectivity index (χ0v) is 11.5. The summed E-state index contributed by atoms with van der Waals surface area (Å²) < 4.78 is 4.77. The highest BCUT2D eigenvalue weighted by Crippen LogP contribution is 2.29. The number of hydrogen-bond donors (Lipinski definition) is 0. The molecule has 2 heteroatoms. The second kappa shape index (κ2) is 5.70. The first kappa shape index (κ1) is 13.3. The van der Waals surface area contributed by atoms with E-state index in [1.165, 1.54) is 18.2 Å². The van der Waals surface area contributed by atoms with E-state index in [0.29, 0.717) is 11.5 Å². The van der Waals surface area contributed by atoms with E-state index in [2.05, 4.69) is 26.0 Å². The van der Waals surface area contributed by atoms with Crippen LogP contribution in [-0.2, 0) is 4.74 Å². The fourth-order valence-corrected chi connectivity index (χ4v) is 2.19. The Kier molecular flexibility index (Phi) is 4.00. The summed E-state index contributed by atoms with van der Waals surface area (Å²) in [6, 6.07) is 15.8. The Hall–Kier alpha value is -2.09. The van der Waals surface area contributed by atoms with Crippen molar-refractivity contribution in [2.75, 3.05) is 7.11 Å². The molecule has 0 amide bonds. The van der Waals surface area contributed by atoms with Crippen molar-refractivity contribution in [2.24, 2.45) is 0 Å². The van der Waals surface area contributed by atoms with Gasteiger partial charge in [-0.2, -0.15) is 0 Å². The molecule has 0 fully saturated rings. The third-order valence-corrected chi connectivity index (χ3v) is 3.18. The predicted octanol–water partition coefficient (Wildman–Crippen LogP) is 4.26. The number of hydrogen-bond acceptors (Lipinski definition) is 2. The summed E-state index contributed by atoms with van der Waals surface area (Å²) >= 11 is 0. The highest BCUT2D eigenvalue weighted by Gasteiger charge is 2.10. The van der Waals surface area contributed by atoms with Crippen molar-refractivity contribution in [1.82, 2.24) is 0 Å². The fourth-order valence-electron chi connectivity index (χ4n) is 2.19. The van der Waals surface area contributed by atoms with Gasteiger partial charge in [0.25, 0.3) is 0 Å². The summed E-state index contributed by atoms with van der Waals surface area (Å²) in [7, 11) is 1.40. The second-order valence-corrected chi connectivity index (χ2v) is 4.81. The first-order chi connectivity index (χ1) is 9.13. The van der Waals surface area contributed by atoms with E-state index in [-0.39, 0.29) is 5.97 Å². The summed E-state index contributed by atoms with van der Waals surface area (Å²) in [6.07, 6.45) is 0. The highest BCUT2D eigenvalue weighted by molar-refractivity contribution is 5.91. The lowest BCUT2D eigenvalue weighted by molar-refractivity contribution is 0.0601. The summed E-state index contributed by atoms with van der Waals surface area (Å²) in [5, 5.41) is 0. The topological polar surface area (TPSA) is 26.3 Å². The van der Waals surface area contributed by atoms with E-state index in [0.717, 1.165) is 5.56 Å². The lowest BCUT2D eigenvalue weighted by Crippen LogP contribution is -2.01. The highest BCUT2D eigenvalue weighted by atomic mass is 16.5. The van der Waals surface area contributed by atoms with Crippen LogP contribution in [0.2, 0.25) is 0 Å². The molecule has 19 heavy (non-hydrogen) atoms. The normalized spacial score (nSPS) is 10.5. The quantitative estimate of drug-likeness (QED) is 0.765. The van der Waals surface area contributed by atoms with Gasteiger partial charge < -0.3 is 4.74 Å². The largest absolute Gasteiger partial charge is 0.465 e. The lowest BCUT2D eigenvalue weighted by atomic mass is 9.92. The Morgan fingerprint density at radius 1 is 1.05 bits per heavy atom. The number of ether oxygens (including phenoxy) is 1. The minimum Gasteiger partial charge on any atom is -0.465 e. The van der Waals surface area contributed by atoms with Gasteiger partial charge >= 0.3 is 5.97 Å². The molecule has 2 rings (SSSR count). The molecular formula is C17H18O2. The molecule has 98 valence electrons. The number of benzene rings is 2. The molecule has 2 nitrogen and oxygen atoms in total. The van der Waals surface area contributed by atoms with E-state index in [1.807, 2.05) is 30.3 Å². The molecule has 0 saturated heterocycles. The summed E-state index contributed by atoms with van der Waals surface area (Å²) in [5.74, 6) is 0.141. The molecule has 0 aromatic heterocycles. The van der Waals surface area contributed by atoms with Crippen LogP contribution in [0.1, 0.15) is 35.7 Å². The molecule has 0 saturated carbocycles. The van der Waals surface area contributed by atoms with Crippen LogP contribution in [0.25, 0.3) is 11.1 Å². The smallest absolute Gasteiger partial charge is 0.337 e. The van der Waals surface area contributed by atoms with Crippen molar-refractivity contribution in [2.45, 2.75) is 19.8 Å². The maximum atomic E-state index is 11.6. The molecule has 2 aromatic carbocycles. The maximum Gasteiger partial charge on any atom is 0.337 e. The van der Waals surface area contributed by atoms with Gasteiger partial charge in [-0.1, -0.05) is 50.2 Å². The van der Waals surface area contributed by atoms with E-state index < -0.39 is 0 Å². The van der Waals surface area contributed by atoms with Crippen LogP contribution in [0.5, 0.6) is 0 Å². The van der Waals surface area contributed by atoms with Crippen LogP contribution in [0.4, 0.5) is 0 Å². The molecule has 0 N–H and O–H groups in total. The number of esters is 1. The standard InChI is InChI=1S/C17H18O2/c1-12(2)15-9-4-5-10-16(15)13-7-6-8-14(11-13)17(18)19-3/h4-12H,1-3H3. The molecule has 0 heterocycles. The third kappa shape index (κ3) is 2.84. The van der Waals surface area contributed by atoms with E-state index in [9.17, 15) is 4.79 Å². The molecule has 0 radical (unpaired) electrons. The van der Waals surface area contributed by atoms with Crippen molar-refractivity contribution < 1.29 is 9.53 Å². The van der Waals surface area contributed by atoms with Gasteiger partial charge in [-0.05, 0) is 34.7 Å². The number of methoxy groups -OCH3 is 1. The molecule has 0 atom stereocenters. The van der Waals surface area contributed by atoms with E-state index in [4.69, 9.17) is 4.74 Å². The van der Waals surface area contributed by atoms with Gasteiger partial charge in [0.2, 0.25) is 0 Å². The van der Waals surface area contributed by atoms with Crippen LogP contribution >= 0.6 is 0 Å². The zero-order valence-electron chi connectivity index (χ0n) is 11.5. The monoisotopic (exact) mass is 254 g/mol. The molecule has 0 aliphatic rings. The van der Waals surface area contributed by atoms with Gasteiger partial charge in [0.1, 0.15) is 0 Å². The average Bonchev–Trinajstić information content (AvgIpc) is 2.46. The Balaban J connectivity index is 2.51. The van der Waals surface area contributed by atoms with Crippen LogP contribution in [0.15, 0.2) is 48.5 Å². The molecule has 0 aliphatic carbocycles. The Morgan fingerprint density at radius 3 is 2.47 bits per heavy atom. The summed E-state index contributed by atoms with van der Waals surface area (Å²) in [6.45, 7) is 4.34. The summed E-state index contributed by atoms with van der Waals surface area (Å²) in [5.41, 5.74) is 4.08. The first-order valence-electron chi connectivity index (χ1n) is 6.41. The van der Waals surface area contributed by atoms with E-state index in [1.54, 1.807) is 6.07 Å². The molecule has 0 spiro atoms. The van der Waals surface area contributed by atoms with Crippen LogP contribution in [-0.4, -0.2) is 13.1 Å². The average molecular weight is 254 g/mol. The van der Waals surface area contributed by atoms with Gasteiger partial charge in [0.05, 0.1) is 12.7 Å². The Labute approximate surface area is 114 Å². The predicted molar refractivity (Wildman–Crippen MR) is 77.3 cm³/mol. The lowest BCUT2D eigenvalue weighted by Gasteiger charge is -2.13. The minimum absolute atomic E-state index is 0.302. The fraction of sp³-hybridized carbons (Fsp3) is 0.235. The SMILES string of the molecule is COC(=O)c1cccc(-c2ccccc2C(C)C)c1. The number of carbonyl (C=O) groups excluding carboxylic acids is 1. The van der Waals surface area contributed by atoms with Gasteiger partial charge in [-0.25, -0.2) is 4.79 Å². The van der Waals surface area contributed by atoms with Gasteiger partial charge in [0, 0.05) is 0 Å². The maximum absolute atomic E-state index is 11.6. The van der Waals surface area contributed by atoms with Gasteiger partial charge in [0.15, 0.2) is 0 Å². The van der Waals surface area contributed by atoms with Gasteiger partial charge in [-0.3, -0.25) is 0 Å². The zero-order chi connectivity index (χ0) is 13.8. The van der Waals surface area contributed by atoms with Crippen molar-refractivity contribution in [3.8, 4) is 11.1 Å². The van der Waals surface area contributed by atoms with Crippen molar-refractivity contribution in [3.63, 3.8) is 0 Å². The van der Waals surface area contributed by atoms with E-state index >= 15 is 0 Å². The molecule has 0 unspecified atom stereocenters. The number of carbonyl (C=O) groups is 1. The molecular weight excluding hydrogens is 236 g/mol. The van der Waals surface area contributed by atoms with Crippen molar-refractivity contribution in [3.05, 3.63) is 59.7 Å². The Morgan fingerprint density at radius 2 is 1.79 bits per heavy atom. The Bertz CT molecular complexity index is 585. The number of rotatable bonds is 3. The van der Waals surface area contributed by atoms with Gasteiger partial charge in [-0.15, -0.1) is 0 Å². The second-order valence-electron chi connectivity index (χ2n) is 4.81. The molecule has 0 aliphatic heterocycles. The molecule has 0 bridgehead atoms. The molecule has 2 aromatic rings.